The molecule has 4 nitrogen and oxygen atoms in total. The molecule has 4 aromatic rings. The van der Waals surface area contributed by atoms with Crippen LogP contribution in [0.15, 0.2) is 47.3 Å². The fourth-order valence-electron chi connectivity index (χ4n) is 2.83. The van der Waals surface area contributed by atoms with E-state index in [1.54, 1.807) is 15.9 Å². The third-order valence-corrected chi connectivity index (χ3v) is 4.86. The summed E-state index contributed by atoms with van der Waals surface area (Å²) in [5.41, 5.74) is 3.69. The number of imidazole rings is 1. The van der Waals surface area contributed by atoms with Crippen molar-refractivity contribution in [3.8, 4) is 10.6 Å². The summed E-state index contributed by atoms with van der Waals surface area (Å²) in [6.45, 7) is 4.03. The van der Waals surface area contributed by atoms with Crippen LogP contribution >= 0.6 is 11.3 Å². The van der Waals surface area contributed by atoms with E-state index in [0.29, 0.717) is 0 Å². The third kappa shape index (κ3) is 1.89. The molecule has 22 heavy (non-hydrogen) atoms. The number of nitrogens with zero attached hydrogens (tertiary/aromatic N) is 2. The molecule has 2 heterocycles. The maximum atomic E-state index is 12.2. The monoisotopic (exact) mass is 309 g/mol. The molecule has 0 aliphatic rings. The fraction of sp³-hybridized carbons (Fsp3) is 0.176. The van der Waals surface area contributed by atoms with Crippen molar-refractivity contribution in [1.29, 1.82) is 0 Å². The smallest absolute Gasteiger partial charge is 0.305 e. The average Bonchev–Trinajstić information content (AvgIpc) is 3.06. The molecular formula is C17H15N3OS. The molecule has 0 atom stereocenters. The molecule has 110 valence electrons. The summed E-state index contributed by atoms with van der Waals surface area (Å²) in [5, 5.41) is 0.934. The van der Waals surface area contributed by atoms with Crippen LogP contribution in [0.1, 0.15) is 19.9 Å². The van der Waals surface area contributed by atoms with Crippen LogP contribution in [-0.2, 0) is 0 Å². The van der Waals surface area contributed by atoms with Crippen molar-refractivity contribution in [3.63, 3.8) is 0 Å². The molecule has 0 radical (unpaired) electrons. The lowest BCUT2D eigenvalue weighted by molar-refractivity contribution is 0.598. The molecule has 1 N–H and O–H groups in total. The number of hydrogen-bond donors (Lipinski definition) is 1. The van der Waals surface area contributed by atoms with Gasteiger partial charge in [0.25, 0.3) is 0 Å². The first-order chi connectivity index (χ1) is 10.6. The molecule has 0 bridgehead atoms. The minimum Gasteiger partial charge on any atom is -0.305 e. The van der Waals surface area contributed by atoms with Gasteiger partial charge in [0.1, 0.15) is 5.01 Å². The second-order valence-corrected chi connectivity index (χ2v) is 6.61. The van der Waals surface area contributed by atoms with Crippen LogP contribution in [0.4, 0.5) is 0 Å². The summed E-state index contributed by atoms with van der Waals surface area (Å²) in [7, 11) is 0. The van der Waals surface area contributed by atoms with E-state index < -0.39 is 0 Å². The first-order valence-corrected chi connectivity index (χ1v) is 8.06. The van der Waals surface area contributed by atoms with Crippen LogP contribution in [0.25, 0.3) is 31.8 Å². The zero-order valence-electron chi connectivity index (χ0n) is 12.3. The van der Waals surface area contributed by atoms with Gasteiger partial charge in [-0.1, -0.05) is 18.2 Å². The molecule has 5 heteroatoms. The summed E-state index contributed by atoms with van der Waals surface area (Å²) < 4.78 is 2.94. The van der Waals surface area contributed by atoms with Crippen molar-refractivity contribution in [2.24, 2.45) is 0 Å². The Bertz CT molecular complexity index is 1010. The highest BCUT2D eigenvalue weighted by Crippen LogP contribution is 2.33. The van der Waals surface area contributed by atoms with Gasteiger partial charge in [-0.3, -0.25) is 4.57 Å². The minimum atomic E-state index is -0.0708. The summed E-state index contributed by atoms with van der Waals surface area (Å²) in [6.07, 6.45) is 0. The third-order valence-electron chi connectivity index (χ3n) is 3.79. The van der Waals surface area contributed by atoms with Crippen molar-refractivity contribution < 1.29 is 0 Å². The Labute approximate surface area is 131 Å². The van der Waals surface area contributed by atoms with Crippen LogP contribution in [0.2, 0.25) is 0 Å². The molecule has 2 aromatic carbocycles. The number of H-pyrrole nitrogens is 1. The number of fused-ring (bicyclic) bond motifs is 2. The first kappa shape index (κ1) is 13.3. The molecular weight excluding hydrogens is 294 g/mol. The van der Waals surface area contributed by atoms with Gasteiger partial charge in [0.15, 0.2) is 0 Å². The lowest BCUT2D eigenvalue weighted by Crippen LogP contribution is -2.18. The maximum absolute atomic E-state index is 12.2. The van der Waals surface area contributed by atoms with Gasteiger partial charge < -0.3 is 4.98 Å². The number of benzene rings is 2. The van der Waals surface area contributed by atoms with Crippen LogP contribution in [0.5, 0.6) is 0 Å². The van der Waals surface area contributed by atoms with Crippen molar-refractivity contribution >= 4 is 32.6 Å². The molecule has 0 aliphatic heterocycles. The highest BCUT2D eigenvalue weighted by atomic mass is 32.1. The van der Waals surface area contributed by atoms with E-state index in [4.69, 9.17) is 4.98 Å². The van der Waals surface area contributed by atoms with Gasteiger partial charge in [-0.15, -0.1) is 11.3 Å². The summed E-state index contributed by atoms with van der Waals surface area (Å²) in [5.74, 6) is 0. The number of hydrogen-bond acceptors (Lipinski definition) is 3. The molecule has 0 fully saturated rings. The predicted molar refractivity (Wildman–Crippen MR) is 91.6 cm³/mol. The van der Waals surface area contributed by atoms with E-state index in [2.05, 4.69) is 11.1 Å². The van der Waals surface area contributed by atoms with E-state index >= 15 is 0 Å². The van der Waals surface area contributed by atoms with E-state index in [1.165, 1.54) is 0 Å². The Balaban J connectivity index is 2.03. The first-order valence-electron chi connectivity index (χ1n) is 7.24. The highest BCUT2D eigenvalue weighted by molar-refractivity contribution is 7.21. The van der Waals surface area contributed by atoms with Crippen LogP contribution in [0, 0.1) is 0 Å². The Kier molecular flexibility index (Phi) is 2.90. The van der Waals surface area contributed by atoms with Gasteiger partial charge in [-0.25, -0.2) is 9.78 Å². The lowest BCUT2D eigenvalue weighted by Gasteiger charge is -2.07. The van der Waals surface area contributed by atoms with Crippen molar-refractivity contribution in [3.05, 3.63) is 52.9 Å². The van der Waals surface area contributed by atoms with E-state index in [1.807, 2.05) is 50.2 Å². The molecule has 0 spiro atoms. The summed E-state index contributed by atoms with van der Waals surface area (Å²) >= 11 is 1.65. The Morgan fingerprint density at radius 3 is 2.73 bits per heavy atom. The zero-order valence-corrected chi connectivity index (χ0v) is 13.1. The maximum Gasteiger partial charge on any atom is 0.326 e. The molecule has 0 aliphatic carbocycles. The van der Waals surface area contributed by atoms with E-state index in [9.17, 15) is 4.79 Å². The molecule has 0 saturated carbocycles. The lowest BCUT2D eigenvalue weighted by atomic mass is 10.2. The molecule has 2 aromatic heterocycles. The second kappa shape index (κ2) is 4.81. The van der Waals surface area contributed by atoms with E-state index in [-0.39, 0.29) is 11.7 Å². The number of rotatable bonds is 2. The van der Waals surface area contributed by atoms with Crippen molar-refractivity contribution in [2.45, 2.75) is 19.9 Å². The van der Waals surface area contributed by atoms with Crippen molar-refractivity contribution in [2.75, 3.05) is 0 Å². The number of aromatic nitrogens is 3. The summed E-state index contributed by atoms with van der Waals surface area (Å²) in [6, 6.07) is 14.2. The Morgan fingerprint density at radius 1 is 1.14 bits per heavy atom. The second-order valence-electron chi connectivity index (χ2n) is 5.58. The number of para-hydroxylation sites is 2. The highest BCUT2D eigenvalue weighted by Gasteiger charge is 2.15. The average molecular weight is 309 g/mol. The largest absolute Gasteiger partial charge is 0.326 e. The zero-order chi connectivity index (χ0) is 15.3. The van der Waals surface area contributed by atoms with Crippen molar-refractivity contribution in [1.82, 2.24) is 14.5 Å². The van der Waals surface area contributed by atoms with E-state index in [0.717, 1.165) is 31.8 Å². The standard InChI is InChI=1S/C17H15N3OS/c1-10(2)20-13-8-5-6-11(15(13)19-17(20)21)16-18-12-7-3-4-9-14(12)22-16/h3-10H,1-2H3,(H,19,21). The normalized spacial score (nSPS) is 11.8. The van der Waals surface area contributed by atoms with Crippen LogP contribution in [-0.4, -0.2) is 14.5 Å². The molecule has 0 amide bonds. The number of thiazole rings is 1. The topological polar surface area (TPSA) is 50.7 Å². The molecule has 4 rings (SSSR count). The van der Waals surface area contributed by atoms with Gasteiger partial charge in [0, 0.05) is 11.6 Å². The Morgan fingerprint density at radius 2 is 1.95 bits per heavy atom. The Hall–Kier alpha value is -2.40. The number of aromatic amines is 1. The van der Waals surface area contributed by atoms with Crippen LogP contribution in [0.3, 0.4) is 0 Å². The quantitative estimate of drug-likeness (QED) is 0.603. The van der Waals surface area contributed by atoms with Gasteiger partial charge in [-0.05, 0) is 38.1 Å². The van der Waals surface area contributed by atoms with Gasteiger partial charge in [0.2, 0.25) is 0 Å². The summed E-state index contributed by atoms with van der Waals surface area (Å²) in [4.78, 5) is 19.9. The number of nitrogens with one attached hydrogen (secondary N) is 1. The van der Waals surface area contributed by atoms with Gasteiger partial charge >= 0.3 is 5.69 Å². The SMILES string of the molecule is CC(C)n1c(=O)[nH]c2c(-c3nc4ccccc4s3)cccc21. The molecule has 0 saturated heterocycles. The minimum absolute atomic E-state index is 0.0708. The fourth-order valence-corrected chi connectivity index (χ4v) is 3.82. The van der Waals surface area contributed by atoms with Gasteiger partial charge in [-0.2, -0.15) is 0 Å². The predicted octanol–water partition coefficient (Wildman–Crippen LogP) is 4.19. The van der Waals surface area contributed by atoms with Crippen LogP contribution < -0.4 is 5.69 Å². The van der Waals surface area contributed by atoms with Gasteiger partial charge in [0.05, 0.1) is 21.3 Å². The molecule has 0 unspecified atom stereocenters.